The Bertz CT molecular complexity index is 236. The van der Waals surface area contributed by atoms with E-state index in [1.54, 1.807) is 5.19 Å². The maximum atomic E-state index is 3.93. The van der Waals surface area contributed by atoms with E-state index < -0.39 is 8.07 Å². The van der Waals surface area contributed by atoms with Crippen LogP contribution in [0, 0.1) is 6.92 Å². The van der Waals surface area contributed by atoms with Gasteiger partial charge in [0.2, 0.25) is 0 Å². The zero-order valence-electron chi connectivity index (χ0n) is 9.09. The molecule has 14 heavy (non-hydrogen) atoms. The van der Waals surface area contributed by atoms with Gasteiger partial charge in [-0.25, -0.2) is 0 Å². The third-order valence-electron chi connectivity index (χ3n) is 2.36. The molecule has 0 aliphatic rings. The number of halogens is 1. The minimum Gasteiger partial charge on any atom is -1.00 e. The van der Waals surface area contributed by atoms with E-state index in [9.17, 15) is 0 Å². The Labute approximate surface area is 115 Å². The van der Waals surface area contributed by atoms with Crippen LogP contribution in [-0.4, -0.2) is 31.1 Å². The molecule has 0 N–H and O–H groups in total. The molecule has 0 aliphatic heterocycles. The molecular weight excluding hydrogens is 264 g/mol. The maximum absolute atomic E-state index is 3.93. The molecule has 0 radical (unpaired) electrons. The molecule has 1 rings (SSSR count). The summed E-state index contributed by atoms with van der Waals surface area (Å²) in [6.07, 6.45) is 1.06. The monoisotopic (exact) mass is 280 g/mol. The van der Waals surface area contributed by atoms with Crippen molar-refractivity contribution in [2.45, 2.75) is 25.6 Å². The molecule has 0 amide bonds. The number of rotatable bonds is 3. The van der Waals surface area contributed by atoms with E-state index in [0.717, 1.165) is 6.42 Å². The zero-order chi connectivity index (χ0) is 9.03. The van der Waals surface area contributed by atoms with Gasteiger partial charge in [-0.15, -0.1) is 0 Å². The minimum absolute atomic E-state index is 0. The molecule has 0 saturated carbocycles. The van der Waals surface area contributed by atoms with Crippen LogP contribution in [0.2, 0.25) is 19.1 Å². The van der Waals surface area contributed by atoms with E-state index in [2.05, 4.69) is 50.3 Å². The molecule has 0 heterocycles. The van der Waals surface area contributed by atoms with Gasteiger partial charge in [0.25, 0.3) is 0 Å². The van der Waals surface area contributed by atoms with Crippen LogP contribution in [0.4, 0.5) is 0 Å². The van der Waals surface area contributed by atoms with Crippen LogP contribution in [-0.2, 0) is 0 Å². The van der Waals surface area contributed by atoms with E-state index in [-0.39, 0.29) is 40.0 Å². The molecule has 0 spiro atoms. The Kier molecular flexibility index (Phi) is 9.65. The first-order valence-electron chi connectivity index (χ1n) is 4.51. The molecule has 0 fully saturated rings. The summed E-state index contributed by atoms with van der Waals surface area (Å²) in [5, 5.41) is 1.55. The van der Waals surface area contributed by atoms with E-state index in [1.807, 2.05) is 0 Å². The largest absolute Gasteiger partial charge is 2.00 e. The van der Waals surface area contributed by atoms with Crippen LogP contribution in [0.15, 0.2) is 30.3 Å². The Morgan fingerprint density at radius 3 is 2.07 bits per heavy atom. The molecule has 1 aromatic carbocycles. The van der Waals surface area contributed by atoms with Crippen molar-refractivity contribution in [1.29, 1.82) is 0 Å². The first kappa shape index (κ1) is 17.1. The van der Waals surface area contributed by atoms with Crippen molar-refractivity contribution in [2.75, 3.05) is 0 Å². The first-order chi connectivity index (χ1) is 5.67. The van der Waals surface area contributed by atoms with Gasteiger partial charge in [-0.05, 0) is 0 Å². The Balaban J connectivity index is 0. The second kappa shape index (κ2) is 7.91. The zero-order valence-corrected chi connectivity index (χ0v) is 13.1. The van der Waals surface area contributed by atoms with Gasteiger partial charge in [-0.3, -0.25) is 0 Å². The smallest absolute Gasteiger partial charge is 1.00 e. The summed E-state index contributed by atoms with van der Waals surface area (Å²) < 4.78 is 0. The molecule has 0 aromatic heterocycles. The van der Waals surface area contributed by atoms with Crippen molar-refractivity contribution in [3.05, 3.63) is 37.3 Å². The van der Waals surface area contributed by atoms with Crippen LogP contribution < -0.4 is 22.2 Å². The summed E-state index contributed by atoms with van der Waals surface area (Å²) >= 11 is 0. The molecule has 3 heteroatoms. The first-order valence-corrected chi connectivity index (χ1v) is 7.72. The van der Waals surface area contributed by atoms with E-state index in [1.165, 1.54) is 6.04 Å². The van der Waals surface area contributed by atoms with Crippen LogP contribution >= 0.6 is 0 Å². The maximum Gasteiger partial charge on any atom is 2.00 e. The Morgan fingerprint density at radius 2 is 1.64 bits per heavy atom. The summed E-state index contributed by atoms with van der Waals surface area (Å²) in [7, 11) is -1.14. The quantitative estimate of drug-likeness (QED) is 0.515. The fourth-order valence-electron chi connectivity index (χ4n) is 1.48. The third-order valence-corrected chi connectivity index (χ3v) is 5.86. The molecule has 74 valence electrons. The molecule has 0 nitrogen and oxygen atoms in total. The van der Waals surface area contributed by atoms with Gasteiger partial charge in [0.15, 0.2) is 0 Å². The van der Waals surface area contributed by atoms with Crippen molar-refractivity contribution < 1.29 is 17.0 Å². The molecule has 1 aromatic rings. The van der Waals surface area contributed by atoms with Gasteiger partial charge in [-0.1, -0.05) is 54.7 Å². The molecular formula is C11H17BrMgSi. The summed E-state index contributed by atoms with van der Waals surface area (Å²) in [5.41, 5.74) is 0. The Morgan fingerprint density at radius 1 is 1.14 bits per heavy atom. The normalized spacial score (nSPS) is 9.93. The predicted octanol–water partition coefficient (Wildman–Crippen LogP) is -0.551. The molecule has 0 unspecified atom stereocenters. The van der Waals surface area contributed by atoms with Crippen molar-refractivity contribution in [3.8, 4) is 0 Å². The predicted molar refractivity (Wildman–Crippen MR) is 64.1 cm³/mol. The summed E-state index contributed by atoms with van der Waals surface area (Å²) in [6.45, 7) is 8.75. The number of hydrogen-bond donors (Lipinski definition) is 0. The second-order valence-corrected chi connectivity index (χ2v) is 8.70. The topological polar surface area (TPSA) is 0 Å². The van der Waals surface area contributed by atoms with Crippen LogP contribution in [0.5, 0.6) is 0 Å². The van der Waals surface area contributed by atoms with Crippen molar-refractivity contribution in [1.82, 2.24) is 0 Å². The van der Waals surface area contributed by atoms with Crippen molar-refractivity contribution in [2.24, 2.45) is 0 Å². The molecule has 0 aliphatic carbocycles. The SMILES string of the molecule is [Br-].[CH2-]CC[Si](C)(C)c1ccccc1.[Mg+2]. The second-order valence-electron chi connectivity index (χ2n) is 3.85. The van der Waals surface area contributed by atoms with Crippen molar-refractivity contribution >= 4 is 36.3 Å². The van der Waals surface area contributed by atoms with E-state index >= 15 is 0 Å². The van der Waals surface area contributed by atoms with Gasteiger partial charge in [0.05, 0.1) is 8.07 Å². The standard InChI is InChI=1S/C11H17Si.BrH.Mg/c1-4-10-12(2,3)11-8-6-5-7-9-11;;/h5-9H,1,4,10H2,2-3H3;1H;/q-1;;+2/p-1. The van der Waals surface area contributed by atoms with Gasteiger partial charge in [-0.2, -0.15) is 6.42 Å². The van der Waals surface area contributed by atoms with E-state index in [4.69, 9.17) is 0 Å². The fraction of sp³-hybridized carbons (Fsp3) is 0.364. The summed E-state index contributed by atoms with van der Waals surface area (Å²) in [5.74, 6) is 0. The van der Waals surface area contributed by atoms with Gasteiger partial charge in [0.1, 0.15) is 0 Å². The fourth-order valence-corrected chi connectivity index (χ4v) is 3.74. The summed E-state index contributed by atoms with van der Waals surface area (Å²) in [6, 6.07) is 12.1. The molecule has 0 saturated heterocycles. The minimum atomic E-state index is -1.14. The number of hydrogen-bond acceptors (Lipinski definition) is 0. The third kappa shape index (κ3) is 4.96. The van der Waals surface area contributed by atoms with E-state index in [0.29, 0.717) is 0 Å². The van der Waals surface area contributed by atoms with Crippen LogP contribution in [0.1, 0.15) is 6.42 Å². The van der Waals surface area contributed by atoms with Gasteiger partial charge in [0, 0.05) is 0 Å². The van der Waals surface area contributed by atoms with Gasteiger partial charge >= 0.3 is 23.1 Å². The van der Waals surface area contributed by atoms with Crippen LogP contribution in [0.3, 0.4) is 0 Å². The molecule has 0 bridgehead atoms. The van der Waals surface area contributed by atoms with Gasteiger partial charge < -0.3 is 23.9 Å². The van der Waals surface area contributed by atoms with Crippen LogP contribution in [0.25, 0.3) is 0 Å². The van der Waals surface area contributed by atoms with Crippen molar-refractivity contribution in [3.63, 3.8) is 0 Å². The average Bonchev–Trinajstić information content (AvgIpc) is 2.06. The molecule has 0 atom stereocenters. The summed E-state index contributed by atoms with van der Waals surface area (Å²) in [4.78, 5) is 0. The Hall–Kier alpha value is 0.683. The number of benzene rings is 1. The average molecular weight is 282 g/mol.